The molecule has 0 saturated heterocycles. The highest BCUT2D eigenvalue weighted by Crippen LogP contribution is 2.28. The van der Waals surface area contributed by atoms with Gasteiger partial charge in [0.25, 0.3) is 0 Å². The van der Waals surface area contributed by atoms with Gasteiger partial charge in [0, 0.05) is 16.8 Å². The van der Waals surface area contributed by atoms with Crippen molar-refractivity contribution in [3.8, 4) is 10.8 Å². The van der Waals surface area contributed by atoms with Gasteiger partial charge >= 0.3 is 0 Å². The van der Waals surface area contributed by atoms with Gasteiger partial charge in [-0.1, -0.05) is 17.8 Å². The predicted molar refractivity (Wildman–Crippen MR) is 76.2 cm³/mol. The van der Waals surface area contributed by atoms with Gasteiger partial charge in [0.2, 0.25) is 5.89 Å². The standard InChI is InChI=1S/C12H10N2OS3/c1-8-6-17-12(13-8)18-7-9-5-15-11(14-9)10-3-2-4-16-10/h2-6H,7H2,1H3. The largest absolute Gasteiger partial charge is 0.444 e. The number of nitrogens with zero attached hydrogens (tertiary/aromatic N) is 2. The van der Waals surface area contributed by atoms with Crippen LogP contribution in [-0.4, -0.2) is 9.97 Å². The molecule has 0 fully saturated rings. The number of hydrogen-bond acceptors (Lipinski definition) is 6. The van der Waals surface area contributed by atoms with E-state index in [1.165, 1.54) is 0 Å². The molecular formula is C12H10N2OS3. The molecule has 0 aromatic carbocycles. The van der Waals surface area contributed by atoms with Crippen LogP contribution in [0.2, 0.25) is 0 Å². The average Bonchev–Trinajstić information content (AvgIpc) is 3.07. The zero-order chi connectivity index (χ0) is 12.4. The molecule has 0 radical (unpaired) electrons. The number of oxazole rings is 1. The summed E-state index contributed by atoms with van der Waals surface area (Å²) in [6, 6.07) is 4.01. The van der Waals surface area contributed by atoms with Crippen LogP contribution in [-0.2, 0) is 5.75 Å². The molecule has 92 valence electrons. The molecule has 3 aromatic heterocycles. The number of thiazole rings is 1. The second kappa shape index (κ2) is 5.26. The van der Waals surface area contributed by atoms with E-state index in [1.54, 1.807) is 40.7 Å². The Bertz CT molecular complexity index is 627. The van der Waals surface area contributed by atoms with Crippen molar-refractivity contribution in [2.75, 3.05) is 0 Å². The van der Waals surface area contributed by atoms with Crippen LogP contribution in [0.1, 0.15) is 11.4 Å². The summed E-state index contributed by atoms with van der Waals surface area (Å²) in [5.74, 6) is 1.50. The van der Waals surface area contributed by atoms with E-state index < -0.39 is 0 Å². The number of rotatable bonds is 4. The van der Waals surface area contributed by atoms with Crippen molar-refractivity contribution in [3.05, 3.63) is 40.5 Å². The average molecular weight is 294 g/mol. The molecule has 0 atom stereocenters. The third-order valence-corrected chi connectivity index (χ3v) is 5.26. The maximum Gasteiger partial charge on any atom is 0.236 e. The summed E-state index contributed by atoms with van der Waals surface area (Å²) < 4.78 is 6.55. The van der Waals surface area contributed by atoms with Crippen molar-refractivity contribution in [1.29, 1.82) is 0 Å². The summed E-state index contributed by atoms with van der Waals surface area (Å²) >= 11 is 5.00. The van der Waals surface area contributed by atoms with E-state index in [2.05, 4.69) is 15.3 Å². The summed E-state index contributed by atoms with van der Waals surface area (Å²) in [5.41, 5.74) is 2.03. The molecular weight excluding hydrogens is 284 g/mol. The molecule has 0 bridgehead atoms. The van der Waals surface area contributed by atoms with Gasteiger partial charge in [-0.3, -0.25) is 0 Å². The van der Waals surface area contributed by atoms with Gasteiger partial charge < -0.3 is 4.42 Å². The first kappa shape index (κ1) is 12.0. The van der Waals surface area contributed by atoms with Crippen molar-refractivity contribution in [1.82, 2.24) is 9.97 Å². The van der Waals surface area contributed by atoms with Crippen molar-refractivity contribution in [2.45, 2.75) is 17.0 Å². The third kappa shape index (κ3) is 2.66. The summed E-state index contributed by atoms with van der Waals surface area (Å²) in [6.07, 6.45) is 1.72. The Morgan fingerprint density at radius 2 is 2.28 bits per heavy atom. The number of aromatic nitrogens is 2. The molecule has 3 heterocycles. The van der Waals surface area contributed by atoms with Crippen LogP contribution < -0.4 is 0 Å². The highest BCUT2D eigenvalue weighted by atomic mass is 32.2. The van der Waals surface area contributed by atoms with Crippen LogP contribution in [0.15, 0.2) is 37.9 Å². The first-order valence-electron chi connectivity index (χ1n) is 5.34. The predicted octanol–water partition coefficient (Wildman–Crippen LogP) is 4.46. The number of thioether (sulfide) groups is 1. The van der Waals surface area contributed by atoms with Gasteiger partial charge in [-0.05, 0) is 18.4 Å². The second-order valence-electron chi connectivity index (χ2n) is 3.66. The lowest BCUT2D eigenvalue weighted by molar-refractivity contribution is 0.575. The minimum absolute atomic E-state index is 0.705. The molecule has 0 aliphatic rings. The van der Waals surface area contributed by atoms with Gasteiger partial charge in [0.1, 0.15) is 10.6 Å². The number of thiophene rings is 1. The van der Waals surface area contributed by atoms with Gasteiger partial charge in [-0.15, -0.1) is 22.7 Å². The normalized spacial score (nSPS) is 10.9. The lowest BCUT2D eigenvalue weighted by atomic mass is 10.5. The lowest BCUT2D eigenvalue weighted by Crippen LogP contribution is -1.80. The highest BCUT2D eigenvalue weighted by molar-refractivity contribution is 8.00. The molecule has 6 heteroatoms. The summed E-state index contributed by atoms with van der Waals surface area (Å²) in [4.78, 5) is 9.95. The summed E-state index contributed by atoms with van der Waals surface area (Å²) in [5, 5.41) is 4.08. The molecule has 0 N–H and O–H groups in total. The number of hydrogen-bond donors (Lipinski definition) is 0. The molecule has 0 amide bonds. The SMILES string of the molecule is Cc1csc(SCc2coc(-c3cccs3)n2)n1. The Morgan fingerprint density at radius 3 is 3.00 bits per heavy atom. The van der Waals surface area contributed by atoms with Gasteiger partial charge in [0.15, 0.2) is 0 Å². The molecule has 0 unspecified atom stereocenters. The topological polar surface area (TPSA) is 38.9 Å². The van der Waals surface area contributed by atoms with Crippen LogP contribution in [0.3, 0.4) is 0 Å². The molecule has 0 aliphatic heterocycles. The van der Waals surface area contributed by atoms with Crippen molar-refractivity contribution >= 4 is 34.4 Å². The van der Waals surface area contributed by atoms with E-state index in [-0.39, 0.29) is 0 Å². The fourth-order valence-electron chi connectivity index (χ4n) is 1.42. The zero-order valence-corrected chi connectivity index (χ0v) is 12.1. The highest BCUT2D eigenvalue weighted by Gasteiger charge is 2.08. The van der Waals surface area contributed by atoms with E-state index in [1.807, 2.05) is 24.4 Å². The fraction of sp³-hybridized carbons (Fsp3) is 0.167. The molecule has 0 saturated carbocycles. The monoisotopic (exact) mass is 294 g/mol. The maximum atomic E-state index is 5.47. The van der Waals surface area contributed by atoms with Crippen LogP contribution in [0.5, 0.6) is 0 Å². The third-order valence-electron chi connectivity index (χ3n) is 2.23. The minimum Gasteiger partial charge on any atom is -0.444 e. The van der Waals surface area contributed by atoms with Crippen LogP contribution in [0, 0.1) is 6.92 Å². The van der Waals surface area contributed by atoms with E-state index >= 15 is 0 Å². The van der Waals surface area contributed by atoms with Gasteiger partial charge in [-0.25, -0.2) is 9.97 Å². The molecule has 18 heavy (non-hydrogen) atoms. The molecule has 3 nitrogen and oxygen atoms in total. The molecule has 3 aromatic rings. The maximum absolute atomic E-state index is 5.47. The first-order valence-corrected chi connectivity index (χ1v) is 8.09. The van der Waals surface area contributed by atoms with Gasteiger partial charge in [0.05, 0.1) is 10.6 Å². The van der Waals surface area contributed by atoms with E-state index in [0.29, 0.717) is 5.89 Å². The minimum atomic E-state index is 0.705. The first-order chi connectivity index (χ1) is 8.81. The van der Waals surface area contributed by atoms with Crippen molar-refractivity contribution in [2.24, 2.45) is 0 Å². The Labute approximate surface area is 117 Å². The lowest BCUT2D eigenvalue weighted by Gasteiger charge is -1.91. The van der Waals surface area contributed by atoms with E-state index in [0.717, 1.165) is 26.4 Å². The second-order valence-corrected chi connectivity index (χ2v) is 6.69. The summed E-state index contributed by atoms with van der Waals surface area (Å²) in [7, 11) is 0. The Hall–Kier alpha value is -1.11. The molecule has 0 aliphatic carbocycles. The molecule has 0 spiro atoms. The fourth-order valence-corrected chi connectivity index (χ4v) is 3.80. The summed E-state index contributed by atoms with van der Waals surface area (Å²) in [6.45, 7) is 2.01. The number of aryl methyl sites for hydroxylation is 1. The zero-order valence-electron chi connectivity index (χ0n) is 9.62. The van der Waals surface area contributed by atoms with Crippen LogP contribution in [0.4, 0.5) is 0 Å². The Balaban J connectivity index is 1.67. The Kier molecular flexibility index (Phi) is 3.49. The quantitative estimate of drug-likeness (QED) is 0.666. The van der Waals surface area contributed by atoms with Crippen LogP contribution >= 0.6 is 34.4 Å². The Morgan fingerprint density at radius 1 is 1.33 bits per heavy atom. The molecule has 3 rings (SSSR count). The van der Waals surface area contributed by atoms with E-state index in [4.69, 9.17) is 4.42 Å². The van der Waals surface area contributed by atoms with Gasteiger partial charge in [-0.2, -0.15) is 0 Å². The van der Waals surface area contributed by atoms with Crippen molar-refractivity contribution in [3.63, 3.8) is 0 Å². The van der Waals surface area contributed by atoms with Crippen LogP contribution in [0.25, 0.3) is 10.8 Å². The van der Waals surface area contributed by atoms with E-state index in [9.17, 15) is 0 Å². The smallest absolute Gasteiger partial charge is 0.236 e. The van der Waals surface area contributed by atoms with Crippen molar-refractivity contribution < 1.29 is 4.42 Å².